The SMILES string of the molecule is CCCN(CC1CC1)C(=O)[C@@H](N)C(C)CC. The number of nitrogens with zero attached hydrogens (tertiary/aromatic N) is 1. The Morgan fingerprint density at radius 2 is 2.06 bits per heavy atom. The lowest BCUT2D eigenvalue weighted by atomic mass is 9.98. The highest BCUT2D eigenvalue weighted by Crippen LogP contribution is 2.30. The van der Waals surface area contributed by atoms with Crippen LogP contribution in [0, 0.1) is 11.8 Å². The summed E-state index contributed by atoms with van der Waals surface area (Å²) in [4.78, 5) is 14.2. The summed E-state index contributed by atoms with van der Waals surface area (Å²) in [5, 5.41) is 0. The number of hydrogen-bond acceptors (Lipinski definition) is 2. The van der Waals surface area contributed by atoms with Crippen LogP contribution in [0.25, 0.3) is 0 Å². The van der Waals surface area contributed by atoms with Crippen molar-refractivity contribution in [3.8, 4) is 0 Å². The van der Waals surface area contributed by atoms with Gasteiger partial charge in [0, 0.05) is 13.1 Å². The Balaban J connectivity index is 2.50. The van der Waals surface area contributed by atoms with Crippen LogP contribution in [-0.2, 0) is 4.79 Å². The molecule has 2 N–H and O–H groups in total. The molecule has 0 heterocycles. The molecule has 0 radical (unpaired) electrons. The molecule has 0 aromatic carbocycles. The summed E-state index contributed by atoms with van der Waals surface area (Å²) in [6, 6.07) is -0.310. The van der Waals surface area contributed by atoms with E-state index in [1.54, 1.807) is 0 Å². The third-order valence-corrected chi connectivity index (χ3v) is 3.52. The van der Waals surface area contributed by atoms with Gasteiger partial charge in [0.05, 0.1) is 6.04 Å². The van der Waals surface area contributed by atoms with Crippen LogP contribution in [0.5, 0.6) is 0 Å². The summed E-state index contributed by atoms with van der Waals surface area (Å²) in [5.74, 6) is 1.19. The summed E-state index contributed by atoms with van der Waals surface area (Å²) in [7, 11) is 0. The first-order valence-corrected chi connectivity index (χ1v) is 6.64. The molecule has 0 aliphatic heterocycles. The van der Waals surface area contributed by atoms with Gasteiger partial charge in [-0.1, -0.05) is 27.2 Å². The minimum absolute atomic E-state index is 0.156. The quantitative estimate of drug-likeness (QED) is 0.722. The van der Waals surface area contributed by atoms with Crippen LogP contribution in [0.3, 0.4) is 0 Å². The summed E-state index contributed by atoms with van der Waals surface area (Å²) in [6.45, 7) is 8.05. The zero-order valence-corrected chi connectivity index (χ0v) is 10.9. The zero-order valence-electron chi connectivity index (χ0n) is 10.9. The number of rotatable bonds is 7. The maximum Gasteiger partial charge on any atom is 0.239 e. The molecular formula is C13H26N2O. The second-order valence-corrected chi connectivity index (χ2v) is 5.14. The number of nitrogens with two attached hydrogens (primary N) is 1. The Hall–Kier alpha value is -0.570. The van der Waals surface area contributed by atoms with E-state index in [9.17, 15) is 4.79 Å². The van der Waals surface area contributed by atoms with Crippen LogP contribution in [0.2, 0.25) is 0 Å². The van der Waals surface area contributed by atoms with E-state index < -0.39 is 0 Å². The van der Waals surface area contributed by atoms with E-state index >= 15 is 0 Å². The molecule has 2 atom stereocenters. The number of carbonyl (C=O) groups excluding carboxylic acids is 1. The Bertz CT molecular complexity index is 226. The van der Waals surface area contributed by atoms with E-state index in [0.29, 0.717) is 0 Å². The largest absolute Gasteiger partial charge is 0.341 e. The molecule has 3 nitrogen and oxygen atoms in total. The van der Waals surface area contributed by atoms with Gasteiger partial charge in [0.2, 0.25) is 5.91 Å². The molecule has 1 aliphatic carbocycles. The standard InChI is InChI=1S/C13H26N2O/c1-4-8-15(9-11-6-7-11)13(16)12(14)10(3)5-2/h10-12H,4-9,14H2,1-3H3/t10?,12-/m0/s1. The van der Waals surface area contributed by atoms with Gasteiger partial charge in [0.25, 0.3) is 0 Å². The smallest absolute Gasteiger partial charge is 0.239 e. The third kappa shape index (κ3) is 3.78. The molecule has 1 aliphatic rings. The van der Waals surface area contributed by atoms with Crippen molar-refractivity contribution in [1.29, 1.82) is 0 Å². The average molecular weight is 226 g/mol. The van der Waals surface area contributed by atoms with Crippen LogP contribution >= 0.6 is 0 Å². The fourth-order valence-corrected chi connectivity index (χ4v) is 1.88. The van der Waals surface area contributed by atoms with E-state index in [-0.39, 0.29) is 17.9 Å². The maximum absolute atomic E-state index is 12.2. The molecule has 0 saturated heterocycles. The van der Waals surface area contributed by atoms with Crippen molar-refractivity contribution >= 4 is 5.91 Å². The van der Waals surface area contributed by atoms with Gasteiger partial charge in [-0.3, -0.25) is 4.79 Å². The third-order valence-electron chi connectivity index (χ3n) is 3.52. The Kier molecular flexibility index (Phi) is 5.26. The molecule has 0 aromatic heterocycles. The van der Waals surface area contributed by atoms with Crippen LogP contribution < -0.4 is 5.73 Å². The Morgan fingerprint density at radius 3 is 2.50 bits per heavy atom. The first kappa shape index (κ1) is 13.5. The highest BCUT2D eigenvalue weighted by Gasteiger charge is 2.30. The average Bonchev–Trinajstić information content (AvgIpc) is 3.09. The monoisotopic (exact) mass is 226 g/mol. The van der Waals surface area contributed by atoms with Gasteiger partial charge in [0.1, 0.15) is 0 Å². The number of carbonyl (C=O) groups is 1. The van der Waals surface area contributed by atoms with Gasteiger partial charge in [-0.05, 0) is 31.1 Å². The topological polar surface area (TPSA) is 46.3 Å². The summed E-state index contributed by atoms with van der Waals surface area (Å²) in [5.41, 5.74) is 6.01. The minimum atomic E-state index is -0.310. The molecule has 94 valence electrons. The van der Waals surface area contributed by atoms with E-state index in [1.165, 1.54) is 12.8 Å². The lowest BCUT2D eigenvalue weighted by Crippen LogP contribution is -2.48. The molecule has 1 unspecified atom stereocenters. The fraction of sp³-hybridized carbons (Fsp3) is 0.923. The highest BCUT2D eigenvalue weighted by atomic mass is 16.2. The first-order chi connectivity index (χ1) is 7.60. The summed E-state index contributed by atoms with van der Waals surface area (Å²) >= 11 is 0. The minimum Gasteiger partial charge on any atom is -0.341 e. The van der Waals surface area contributed by atoms with Crippen molar-refractivity contribution in [3.05, 3.63) is 0 Å². The van der Waals surface area contributed by atoms with Gasteiger partial charge in [0.15, 0.2) is 0 Å². The first-order valence-electron chi connectivity index (χ1n) is 6.64. The van der Waals surface area contributed by atoms with Gasteiger partial charge in [-0.25, -0.2) is 0 Å². The predicted molar refractivity (Wildman–Crippen MR) is 67.0 cm³/mol. The highest BCUT2D eigenvalue weighted by molar-refractivity contribution is 5.82. The maximum atomic E-state index is 12.2. The number of amides is 1. The van der Waals surface area contributed by atoms with Crippen molar-refractivity contribution in [2.45, 2.75) is 52.5 Å². The van der Waals surface area contributed by atoms with Crippen molar-refractivity contribution in [1.82, 2.24) is 4.90 Å². The van der Waals surface area contributed by atoms with Gasteiger partial charge in [-0.2, -0.15) is 0 Å². The lowest BCUT2D eigenvalue weighted by Gasteiger charge is -2.27. The second kappa shape index (κ2) is 6.24. The number of hydrogen-bond donors (Lipinski definition) is 1. The molecule has 1 fully saturated rings. The molecule has 1 rings (SSSR count). The van der Waals surface area contributed by atoms with Crippen molar-refractivity contribution in [2.75, 3.05) is 13.1 Å². The molecule has 3 heteroatoms. The van der Waals surface area contributed by atoms with Crippen LogP contribution in [0.15, 0.2) is 0 Å². The van der Waals surface area contributed by atoms with Gasteiger partial charge < -0.3 is 10.6 Å². The van der Waals surface area contributed by atoms with E-state index in [2.05, 4.69) is 20.8 Å². The Morgan fingerprint density at radius 1 is 1.44 bits per heavy atom. The summed E-state index contributed by atoms with van der Waals surface area (Å²) in [6.07, 6.45) is 4.56. The Labute approximate surface area is 99.4 Å². The van der Waals surface area contributed by atoms with E-state index in [4.69, 9.17) is 5.73 Å². The molecule has 0 bridgehead atoms. The molecule has 16 heavy (non-hydrogen) atoms. The molecular weight excluding hydrogens is 200 g/mol. The van der Waals surface area contributed by atoms with Crippen molar-refractivity contribution in [2.24, 2.45) is 17.6 Å². The van der Waals surface area contributed by atoms with Crippen molar-refractivity contribution < 1.29 is 4.79 Å². The molecule has 1 saturated carbocycles. The van der Waals surface area contributed by atoms with Crippen molar-refractivity contribution in [3.63, 3.8) is 0 Å². The molecule has 0 spiro atoms. The molecule has 1 amide bonds. The van der Waals surface area contributed by atoms with Crippen LogP contribution in [0.4, 0.5) is 0 Å². The van der Waals surface area contributed by atoms with E-state index in [0.717, 1.165) is 31.8 Å². The predicted octanol–water partition coefficient (Wildman–Crippen LogP) is 2.01. The molecule has 0 aromatic rings. The lowest BCUT2D eigenvalue weighted by molar-refractivity contribution is -0.134. The zero-order chi connectivity index (χ0) is 12.1. The van der Waals surface area contributed by atoms with Crippen LogP contribution in [-0.4, -0.2) is 29.9 Å². The van der Waals surface area contributed by atoms with Gasteiger partial charge in [-0.15, -0.1) is 0 Å². The normalized spacial score (nSPS) is 19.2. The fourth-order valence-electron chi connectivity index (χ4n) is 1.88. The van der Waals surface area contributed by atoms with Gasteiger partial charge >= 0.3 is 0 Å². The van der Waals surface area contributed by atoms with Crippen LogP contribution in [0.1, 0.15) is 46.5 Å². The van der Waals surface area contributed by atoms with E-state index in [1.807, 2.05) is 4.90 Å². The second-order valence-electron chi connectivity index (χ2n) is 5.14. The summed E-state index contributed by atoms with van der Waals surface area (Å²) < 4.78 is 0.